The van der Waals surface area contributed by atoms with Crippen LogP contribution in [0.2, 0.25) is 0 Å². The van der Waals surface area contributed by atoms with E-state index in [9.17, 15) is 4.79 Å². The van der Waals surface area contributed by atoms with Crippen molar-refractivity contribution in [2.45, 2.75) is 31.7 Å². The molecule has 1 fully saturated rings. The Morgan fingerprint density at radius 3 is 2.68 bits per heavy atom. The van der Waals surface area contributed by atoms with Gasteiger partial charge in [-0.2, -0.15) is 0 Å². The molecule has 1 saturated carbocycles. The second-order valence-corrected chi connectivity index (χ2v) is 5.91. The molecule has 0 atom stereocenters. The van der Waals surface area contributed by atoms with E-state index >= 15 is 0 Å². The summed E-state index contributed by atoms with van der Waals surface area (Å²) in [6.45, 7) is 0. The van der Waals surface area contributed by atoms with Gasteiger partial charge in [0.05, 0.1) is 19.9 Å². The van der Waals surface area contributed by atoms with Crippen LogP contribution >= 0.6 is 0 Å². The van der Waals surface area contributed by atoms with Crippen LogP contribution < -0.4 is 20.1 Å². The Morgan fingerprint density at radius 1 is 1.16 bits per heavy atom. The van der Waals surface area contributed by atoms with Gasteiger partial charge in [-0.25, -0.2) is 9.97 Å². The highest BCUT2D eigenvalue weighted by atomic mass is 16.5. The first kappa shape index (κ1) is 17.0. The Labute approximate surface area is 146 Å². The molecule has 2 aromatic rings. The van der Waals surface area contributed by atoms with Gasteiger partial charge in [-0.1, -0.05) is 12.8 Å². The molecule has 0 radical (unpaired) electrons. The lowest BCUT2D eigenvalue weighted by Gasteiger charge is -2.13. The van der Waals surface area contributed by atoms with Gasteiger partial charge in [0.15, 0.2) is 0 Å². The number of amides is 1. The second-order valence-electron chi connectivity index (χ2n) is 5.91. The van der Waals surface area contributed by atoms with Crippen LogP contribution in [0.5, 0.6) is 11.5 Å². The van der Waals surface area contributed by atoms with Crippen molar-refractivity contribution in [2.24, 2.45) is 0 Å². The zero-order chi connectivity index (χ0) is 17.6. The van der Waals surface area contributed by atoms with Gasteiger partial charge in [-0.15, -0.1) is 0 Å². The lowest BCUT2D eigenvalue weighted by Crippen LogP contribution is -2.33. The summed E-state index contributed by atoms with van der Waals surface area (Å²) in [5, 5.41) is 6.11. The molecule has 1 aromatic carbocycles. The van der Waals surface area contributed by atoms with Crippen LogP contribution in [-0.4, -0.2) is 36.1 Å². The average molecular weight is 342 g/mol. The third kappa shape index (κ3) is 4.17. The van der Waals surface area contributed by atoms with Crippen molar-refractivity contribution in [2.75, 3.05) is 19.5 Å². The van der Waals surface area contributed by atoms with Crippen LogP contribution in [0.15, 0.2) is 30.5 Å². The van der Waals surface area contributed by atoms with Crippen LogP contribution in [0.4, 0.5) is 11.6 Å². The third-order valence-corrected chi connectivity index (χ3v) is 4.23. The van der Waals surface area contributed by atoms with Crippen LogP contribution in [0, 0.1) is 0 Å². The number of ether oxygens (including phenoxy) is 2. The zero-order valence-electron chi connectivity index (χ0n) is 14.4. The van der Waals surface area contributed by atoms with E-state index in [2.05, 4.69) is 20.6 Å². The molecule has 1 aliphatic rings. The van der Waals surface area contributed by atoms with Crippen LogP contribution in [-0.2, 0) is 0 Å². The van der Waals surface area contributed by atoms with E-state index in [1.807, 2.05) is 12.1 Å². The summed E-state index contributed by atoms with van der Waals surface area (Å²) < 4.78 is 10.5. The Balaban J connectivity index is 1.74. The largest absolute Gasteiger partial charge is 0.497 e. The lowest BCUT2D eigenvalue weighted by atomic mass is 10.2. The molecule has 0 unspecified atom stereocenters. The summed E-state index contributed by atoms with van der Waals surface area (Å²) in [6.07, 6.45) is 5.96. The zero-order valence-corrected chi connectivity index (χ0v) is 14.4. The van der Waals surface area contributed by atoms with Gasteiger partial charge in [0.2, 0.25) is 5.95 Å². The topological polar surface area (TPSA) is 85.4 Å². The molecule has 1 aliphatic carbocycles. The maximum Gasteiger partial charge on any atom is 0.270 e. The van der Waals surface area contributed by atoms with Crippen molar-refractivity contribution in [1.82, 2.24) is 15.3 Å². The predicted molar refractivity (Wildman–Crippen MR) is 94.6 cm³/mol. The first-order chi connectivity index (χ1) is 12.2. The highest BCUT2D eigenvalue weighted by Crippen LogP contribution is 2.30. The summed E-state index contributed by atoms with van der Waals surface area (Å²) >= 11 is 0. The van der Waals surface area contributed by atoms with Crippen molar-refractivity contribution in [1.29, 1.82) is 0 Å². The molecule has 0 spiro atoms. The molecular weight excluding hydrogens is 320 g/mol. The van der Waals surface area contributed by atoms with Crippen molar-refractivity contribution >= 4 is 17.5 Å². The highest BCUT2D eigenvalue weighted by molar-refractivity contribution is 5.92. The van der Waals surface area contributed by atoms with Crippen molar-refractivity contribution in [3.63, 3.8) is 0 Å². The summed E-state index contributed by atoms with van der Waals surface area (Å²) in [7, 11) is 3.17. The minimum atomic E-state index is -0.168. The molecule has 0 saturated heterocycles. The van der Waals surface area contributed by atoms with E-state index < -0.39 is 0 Å². The molecule has 0 bridgehead atoms. The number of hydrogen-bond donors (Lipinski definition) is 2. The average Bonchev–Trinajstić information content (AvgIpc) is 3.15. The summed E-state index contributed by atoms with van der Waals surface area (Å²) in [5.41, 5.74) is 1.04. The Kier molecular flexibility index (Phi) is 5.33. The van der Waals surface area contributed by atoms with Crippen molar-refractivity contribution in [3.8, 4) is 11.5 Å². The number of nitrogens with one attached hydrogen (secondary N) is 2. The second kappa shape index (κ2) is 7.83. The van der Waals surface area contributed by atoms with Crippen LogP contribution in [0.3, 0.4) is 0 Å². The number of aromatic nitrogens is 2. The molecule has 7 heteroatoms. The molecule has 1 aromatic heterocycles. The summed E-state index contributed by atoms with van der Waals surface area (Å²) in [4.78, 5) is 20.8. The fraction of sp³-hybridized carbons (Fsp3) is 0.389. The summed E-state index contributed by atoms with van der Waals surface area (Å²) in [5.74, 6) is 1.46. The Bertz CT molecular complexity index is 745. The Morgan fingerprint density at radius 2 is 1.96 bits per heavy atom. The number of hydrogen-bond acceptors (Lipinski definition) is 6. The fourth-order valence-corrected chi connectivity index (χ4v) is 2.90. The van der Waals surface area contributed by atoms with Gasteiger partial charge in [0.25, 0.3) is 5.91 Å². The van der Waals surface area contributed by atoms with Crippen LogP contribution in [0.1, 0.15) is 36.2 Å². The SMILES string of the molecule is COc1ccc(Nc2nccc(C(=O)NC3CCCC3)n2)c(OC)c1. The lowest BCUT2D eigenvalue weighted by molar-refractivity contribution is 0.0933. The van der Waals surface area contributed by atoms with E-state index in [0.717, 1.165) is 12.8 Å². The van der Waals surface area contributed by atoms with Crippen molar-refractivity contribution < 1.29 is 14.3 Å². The smallest absolute Gasteiger partial charge is 0.270 e. The molecule has 3 rings (SSSR count). The molecule has 1 heterocycles. The maximum absolute atomic E-state index is 12.3. The number of rotatable bonds is 6. The molecule has 7 nitrogen and oxygen atoms in total. The standard InChI is InChI=1S/C18H22N4O3/c1-24-13-7-8-14(16(11-13)25-2)21-18-19-10-9-15(22-18)17(23)20-12-5-3-4-6-12/h7-12H,3-6H2,1-2H3,(H,20,23)(H,19,21,22). The highest BCUT2D eigenvalue weighted by Gasteiger charge is 2.19. The molecule has 1 amide bonds. The monoisotopic (exact) mass is 342 g/mol. The molecule has 132 valence electrons. The van der Waals surface area contributed by atoms with Gasteiger partial charge in [-0.3, -0.25) is 4.79 Å². The molecule has 0 aliphatic heterocycles. The number of carbonyl (C=O) groups is 1. The number of methoxy groups -OCH3 is 2. The number of anilines is 2. The minimum absolute atomic E-state index is 0.168. The summed E-state index contributed by atoms with van der Waals surface area (Å²) in [6, 6.07) is 7.24. The van der Waals surface area contributed by atoms with E-state index in [0.29, 0.717) is 28.8 Å². The number of carbonyl (C=O) groups excluding carboxylic acids is 1. The first-order valence-electron chi connectivity index (χ1n) is 8.32. The first-order valence-corrected chi connectivity index (χ1v) is 8.32. The number of benzene rings is 1. The fourth-order valence-electron chi connectivity index (χ4n) is 2.90. The molecule has 2 N–H and O–H groups in total. The van der Waals surface area contributed by atoms with Gasteiger partial charge < -0.3 is 20.1 Å². The van der Waals surface area contributed by atoms with Gasteiger partial charge >= 0.3 is 0 Å². The van der Waals surface area contributed by atoms with Crippen molar-refractivity contribution in [3.05, 3.63) is 36.2 Å². The van der Waals surface area contributed by atoms with E-state index in [1.54, 1.807) is 32.5 Å². The third-order valence-electron chi connectivity index (χ3n) is 4.23. The van der Waals surface area contributed by atoms with E-state index in [4.69, 9.17) is 9.47 Å². The quantitative estimate of drug-likeness (QED) is 0.839. The van der Waals surface area contributed by atoms with E-state index in [1.165, 1.54) is 12.8 Å². The normalized spacial score (nSPS) is 14.2. The van der Waals surface area contributed by atoms with Crippen LogP contribution in [0.25, 0.3) is 0 Å². The van der Waals surface area contributed by atoms with E-state index in [-0.39, 0.29) is 11.9 Å². The number of nitrogens with zero attached hydrogens (tertiary/aromatic N) is 2. The maximum atomic E-state index is 12.3. The minimum Gasteiger partial charge on any atom is -0.497 e. The van der Waals surface area contributed by atoms with Gasteiger partial charge in [0, 0.05) is 18.3 Å². The molecule has 25 heavy (non-hydrogen) atoms. The van der Waals surface area contributed by atoms with Gasteiger partial charge in [0.1, 0.15) is 17.2 Å². The van der Waals surface area contributed by atoms with Gasteiger partial charge in [-0.05, 0) is 31.0 Å². The Hall–Kier alpha value is -2.83. The predicted octanol–water partition coefficient (Wildman–Crippen LogP) is 2.91. The molecular formula is C18H22N4O3.